The van der Waals surface area contributed by atoms with E-state index in [9.17, 15) is 9.59 Å². The lowest BCUT2D eigenvalue weighted by Gasteiger charge is -2.13. The van der Waals surface area contributed by atoms with Crippen molar-refractivity contribution in [3.8, 4) is 5.75 Å². The highest BCUT2D eigenvalue weighted by Crippen LogP contribution is 2.34. The number of esters is 1. The quantitative estimate of drug-likeness (QED) is 0.796. The van der Waals surface area contributed by atoms with Crippen LogP contribution >= 0.6 is 23.2 Å². The molecule has 1 aromatic carbocycles. The third-order valence-corrected chi connectivity index (χ3v) is 4.04. The lowest BCUT2D eigenvalue weighted by Crippen LogP contribution is -2.19. The molecule has 1 aromatic heterocycles. The van der Waals surface area contributed by atoms with Crippen molar-refractivity contribution in [1.29, 1.82) is 0 Å². The van der Waals surface area contributed by atoms with Gasteiger partial charge in [0.15, 0.2) is 5.75 Å². The Morgan fingerprint density at radius 2 is 1.88 bits per heavy atom. The van der Waals surface area contributed by atoms with Gasteiger partial charge in [-0.3, -0.25) is 9.48 Å². The highest BCUT2D eigenvalue weighted by atomic mass is 35.5. The van der Waals surface area contributed by atoms with E-state index >= 15 is 0 Å². The van der Waals surface area contributed by atoms with E-state index in [4.69, 9.17) is 32.7 Å². The van der Waals surface area contributed by atoms with Crippen molar-refractivity contribution >= 4 is 40.9 Å². The van der Waals surface area contributed by atoms with E-state index < -0.39 is 11.9 Å². The van der Waals surface area contributed by atoms with Crippen LogP contribution in [0.15, 0.2) is 12.1 Å². The summed E-state index contributed by atoms with van der Waals surface area (Å²) in [6, 6.07) is 3.01. The highest BCUT2D eigenvalue weighted by molar-refractivity contribution is 6.37. The molecule has 9 heteroatoms. The summed E-state index contributed by atoms with van der Waals surface area (Å²) in [5.74, 6) is -0.826. The molecule has 2 rings (SSSR count). The zero-order valence-electron chi connectivity index (χ0n) is 14.1. The number of hydrogen-bond donors (Lipinski definition) is 1. The van der Waals surface area contributed by atoms with Crippen LogP contribution in [0, 0.1) is 6.92 Å². The predicted molar refractivity (Wildman–Crippen MR) is 94.9 cm³/mol. The number of carbonyl (C=O) groups is 2. The van der Waals surface area contributed by atoms with Crippen molar-refractivity contribution in [2.75, 3.05) is 19.0 Å². The van der Waals surface area contributed by atoms with E-state index in [-0.39, 0.29) is 39.3 Å². The Hall–Kier alpha value is -2.25. The van der Waals surface area contributed by atoms with Crippen molar-refractivity contribution in [1.82, 2.24) is 9.78 Å². The topological polar surface area (TPSA) is 82.5 Å². The molecule has 0 aliphatic heterocycles. The maximum Gasteiger partial charge on any atom is 0.343 e. The number of nitrogens with one attached hydrogen (secondary N) is 1. The van der Waals surface area contributed by atoms with Crippen LogP contribution in [0.5, 0.6) is 5.75 Å². The molecule has 0 aliphatic rings. The monoisotopic (exact) mass is 385 g/mol. The maximum absolute atomic E-state index is 12.7. The summed E-state index contributed by atoms with van der Waals surface area (Å²) in [5, 5.41) is 7.19. The Kier molecular flexibility index (Phi) is 5.92. The number of rotatable bonds is 5. The molecule has 0 aliphatic carbocycles. The Morgan fingerprint density at radius 3 is 2.48 bits per heavy atom. The van der Waals surface area contributed by atoms with Crippen LogP contribution in [-0.4, -0.2) is 35.4 Å². The number of methoxy groups -OCH3 is 1. The number of amides is 1. The summed E-state index contributed by atoms with van der Waals surface area (Å²) >= 11 is 12.2. The van der Waals surface area contributed by atoms with E-state index in [2.05, 4.69) is 10.4 Å². The van der Waals surface area contributed by atoms with E-state index in [0.717, 1.165) is 0 Å². The first-order valence-corrected chi connectivity index (χ1v) is 8.11. The second-order valence-corrected chi connectivity index (χ2v) is 5.86. The number of ether oxygens (including phenoxy) is 2. The lowest BCUT2D eigenvalue weighted by atomic mass is 10.1. The largest absolute Gasteiger partial charge is 0.494 e. The number of carbonyl (C=O) groups excluding carboxylic acids is 2. The Labute approximate surface area is 154 Å². The molecule has 0 spiro atoms. The minimum absolute atomic E-state index is 0.0605. The van der Waals surface area contributed by atoms with Gasteiger partial charge in [0.05, 0.1) is 29.5 Å². The zero-order valence-corrected chi connectivity index (χ0v) is 15.7. The number of benzene rings is 1. The number of hydrogen-bond acceptors (Lipinski definition) is 5. The first kappa shape index (κ1) is 19.1. The van der Waals surface area contributed by atoms with Gasteiger partial charge in [0, 0.05) is 7.05 Å². The van der Waals surface area contributed by atoms with Crippen LogP contribution in [0.1, 0.15) is 33.3 Å². The average Bonchev–Trinajstić information content (AvgIpc) is 2.83. The molecule has 25 heavy (non-hydrogen) atoms. The van der Waals surface area contributed by atoms with Gasteiger partial charge in [0.25, 0.3) is 5.91 Å². The second-order valence-electron chi connectivity index (χ2n) is 5.04. The molecule has 0 radical (unpaired) electrons. The zero-order chi connectivity index (χ0) is 18.7. The fourth-order valence-electron chi connectivity index (χ4n) is 2.36. The number of aromatic nitrogens is 2. The number of anilines is 1. The lowest BCUT2D eigenvalue weighted by molar-refractivity contribution is 0.0526. The summed E-state index contributed by atoms with van der Waals surface area (Å²) in [7, 11) is 2.98. The molecule has 134 valence electrons. The maximum atomic E-state index is 12.7. The van der Waals surface area contributed by atoms with E-state index in [1.165, 1.54) is 23.9 Å². The molecular weight excluding hydrogens is 369 g/mol. The first-order valence-electron chi connectivity index (χ1n) is 7.35. The number of halogens is 2. The van der Waals surface area contributed by atoms with Crippen molar-refractivity contribution in [2.45, 2.75) is 13.8 Å². The van der Waals surface area contributed by atoms with Crippen LogP contribution in [0.4, 0.5) is 5.82 Å². The molecule has 0 bridgehead atoms. The molecule has 0 fully saturated rings. The Morgan fingerprint density at radius 1 is 1.24 bits per heavy atom. The fourth-order valence-corrected chi connectivity index (χ4v) is 2.83. The van der Waals surface area contributed by atoms with Crippen molar-refractivity contribution in [2.24, 2.45) is 7.05 Å². The predicted octanol–water partition coefficient (Wildman–Crippen LogP) is 3.47. The van der Waals surface area contributed by atoms with Crippen LogP contribution in [0.2, 0.25) is 10.0 Å². The van der Waals surface area contributed by atoms with Gasteiger partial charge in [-0.2, -0.15) is 5.10 Å². The fraction of sp³-hybridized carbons (Fsp3) is 0.312. The minimum Gasteiger partial charge on any atom is -0.494 e. The normalized spacial score (nSPS) is 10.5. The summed E-state index contributed by atoms with van der Waals surface area (Å²) in [6.45, 7) is 3.54. The molecule has 1 heterocycles. The molecule has 1 N–H and O–H groups in total. The van der Waals surface area contributed by atoms with Gasteiger partial charge in [0.1, 0.15) is 16.9 Å². The van der Waals surface area contributed by atoms with E-state index in [1.807, 2.05) is 0 Å². The highest BCUT2D eigenvalue weighted by Gasteiger charge is 2.26. The van der Waals surface area contributed by atoms with Crippen LogP contribution in [0.25, 0.3) is 0 Å². The van der Waals surface area contributed by atoms with Gasteiger partial charge < -0.3 is 14.8 Å². The molecule has 0 saturated carbocycles. The van der Waals surface area contributed by atoms with Gasteiger partial charge >= 0.3 is 5.97 Å². The standard InChI is InChI=1S/C16H17Cl2N3O4/c1-5-25-16(23)11-8(2)20-21(3)14(11)19-15(22)12-9(17)6-7-10(18)13(12)24-4/h6-7H,5H2,1-4H3,(H,19,22). The van der Waals surface area contributed by atoms with Gasteiger partial charge in [0.2, 0.25) is 0 Å². The molecule has 2 aromatic rings. The van der Waals surface area contributed by atoms with E-state index in [1.54, 1.807) is 20.9 Å². The molecular formula is C16H17Cl2N3O4. The SMILES string of the molecule is CCOC(=O)c1c(C)nn(C)c1NC(=O)c1c(Cl)ccc(Cl)c1OC. The summed E-state index contributed by atoms with van der Waals surface area (Å²) in [4.78, 5) is 24.9. The van der Waals surface area contributed by atoms with Gasteiger partial charge in [-0.25, -0.2) is 4.79 Å². The number of nitrogens with zero attached hydrogens (tertiary/aromatic N) is 2. The van der Waals surface area contributed by atoms with Gasteiger partial charge in [-0.15, -0.1) is 0 Å². The molecule has 0 saturated heterocycles. The summed E-state index contributed by atoms with van der Waals surface area (Å²) < 4.78 is 11.6. The van der Waals surface area contributed by atoms with Crippen LogP contribution in [0.3, 0.4) is 0 Å². The molecule has 7 nitrogen and oxygen atoms in total. The van der Waals surface area contributed by atoms with Crippen LogP contribution < -0.4 is 10.1 Å². The summed E-state index contributed by atoms with van der Waals surface area (Å²) in [5.41, 5.74) is 0.667. The van der Waals surface area contributed by atoms with Crippen molar-refractivity contribution < 1.29 is 19.1 Å². The Bertz CT molecular complexity index is 833. The average molecular weight is 386 g/mol. The molecule has 1 amide bonds. The van der Waals surface area contributed by atoms with Crippen molar-refractivity contribution in [3.05, 3.63) is 39.0 Å². The minimum atomic E-state index is -0.585. The first-order chi connectivity index (χ1) is 11.8. The third-order valence-electron chi connectivity index (χ3n) is 3.42. The summed E-state index contributed by atoms with van der Waals surface area (Å²) in [6.07, 6.45) is 0. The third kappa shape index (κ3) is 3.72. The molecule has 0 unspecified atom stereocenters. The van der Waals surface area contributed by atoms with Gasteiger partial charge in [-0.1, -0.05) is 23.2 Å². The van der Waals surface area contributed by atoms with Gasteiger partial charge in [-0.05, 0) is 26.0 Å². The van der Waals surface area contributed by atoms with E-state index in [0.29, 0.717) is 5.69 Å². The van der Waals surface area contributed by atoms with Crippen LogP contribution in [-0.2, 0) is 11.8 Å². The number of aryl methyl sites for hydroxylation is 2. The smallest absolute Gasteiger partial charge is 0.343 e. The van der Waals surface area contributed by atoms with Crippen molar-refractivity contribution in [3.63, 3.8) is 0 Å². The second kappa shape index (κ2) is 7.76. The molecule has 0 atom stereocenters. The Balaban J connectivity index is 2.47.